The van der Waals surface area contributed by atoms with E-state index in [4.69, 9.17) is 0 Å². The molecule has 0 aromatic heterocycles. The SMILES string of the molecule is CCCPC(CCC)CCC. The van der Waals surface area contributed by atoms with Gasteiger partial charge in [0.2, 0.25) is 0 Å². The molecule has 0 nitrogen and oxygen atoms in total. The lowest BCUT2D eigenvalue weighted by molar-refractivity contribution is 0.667. The van der Waals surface area contributed by atoms with Crippen LogP contribution in [0.1, 0.15) is 52.9 Å². The molecule has 0 aromatic rings. The van der Waals surface area contributed by atoms with E-state index in [9.17, 15) is 0 Å². The maximum Gasteiger partial charge on any atom is -0.0237 e. The van der Waals surface area contributed by atoms with Gasteiger partial charge in [-0.3, -0.25) is 0 Å². The summed E-state index contributed by atoms with van der Waals surface area (Å²) in [5.41, 5.74) is 1.06. The van der Waals surface area contributed by atoms with Gasteiger partial charge in [-0.05, 0) is 24.7 Å². The van der Waals surface area contributed by atoms with Gasteiger partial charge in [0, 0.05) is 0 Å². The van der Waals surface area contributed by atoms with Gasteiger partial charge in [0.25, 0.3) is 0 Å². The lowest BCUT2D eigenvalue weighted by Crippen LogP contribution is -2.00. The van der Waals surface area contributed by atoms with Crippen LogP contribution >= 0.6 is 8.58 Å². The van der Waals surface area contributed by atoms with E-state index in [1.165, 1.54) is 46.8 Å². The molecule has 1 atom stereocenters. The van der Waals surface area contributed by atoms with Gasteiger partial charge in [-0.25, -0.2) is 0 Å². The zero-order valence-electron chi connectivity index (χ0n) is 8.32. The van der Waals surface area contributed by atoms with Crippen LogP contribution in [0, 0.1) is 0 Å². The average molecular weight is 174 g/mol. The first-order chi connectivity index (χ1) is 5.35. The van der Waals surface area contributed by atoms with Crippen LogP contribution in [0.15, 0.2) is 0 Å². The highest BCUT2D eigenvalue weighted by Crippen LogP contribution is 2.27. The Bertz CT molecular complexity index is 65.3. The van der Waals surface area contributed by atoms with Crippen molar-refractivity contribution in [1.82, 2.24) is 0 Å². The fourth-order valence-corrected chi connectivity index (χ4v) is 3.08. The summed E-state index contributed by atoms with van der Waals surface area (Å²) in [6, 6.07) is 0. The zero-order valence-corrected chi connectivity index (χ0v) is 9.32. The second kappa shape index (κ2) is 8.53. The fourth-order valence-electron chi connectivity index (χ4n) is 1.39. The van der Waals surface area contributed by atoms with Crippen molar-refractivity contribution in [3.8, 4) is 0 Å². The minimum Gasteiger partial charge on any atom is -0.119 e. The first-order valence-electron chi connectivity index (χ1n) is 5.08. The smallest absolute Gasteiger partial charge is 0.0237 e. The van der Waals surface area contributed by atoms with Gasteiger partial charge in [0.15, 0.2) is 0 Å². The summed E-state index contributed by atoms with van der Waals surface area (Å²) in [4.78, 5) is 0. The highest BCUT2D eigenvalue weighted by Gasteiger charge is 2.04. The molecular formula is C10H23P. The van der Waals surface area contributed by atoms with Gasteiger partial charge < -0.3 is 0 Å². The average Bonchev–Trinajstić information content (AvgIpc) is 2.01. The van der Waals surface area contributed by atoms with Gasteiger partial charge in [0.05, 0.1) is 0 Å². The molecule has 0 rings (SSSR count). The van der Waals surface area contributed by atoms with Crippen molar-refractivity contribution in [3.63, 3.8) is 0 Å². The Morgan fingerprint density at radius 3 is 1.82 bits per heavy atom. The maximum absolute atomic E-state index is 2.30. The van der Waals surface area contributed by atoms with Gasteiger partial charge in [-0.15, -0.1) is 8.58 Å². The van der Waals surface area contributed by atoms with E-state index in [0.717, 1.165) is 5.66 Å². The van der Waals surface area contributed by atoms with Crippen LogP contribution in [0.3, 0.4) is 0 Å². The Kier molecular flexibility index (Phi) is 8.86. The minimum absolute atomic E-state index is 1.06. The van der Waals surface area contributed by atoms with Crippen LogP contribution in [0.25, 0.3) is 0 Å². The molecule has 1 heteroatoms. The summed E-state index contributed by atoms with van der Waals surface area (Å²) in [5, 5.41) is 0. The molecule has 0 N–H and O–H groups in total. The summed E-state index contributed by atoms with van der Waals surface area (Å²) >= 11 is 0. The van der Waals surface area contributed by atoms with Crippen LogP contribution < -0.4 is 0 Å². The Hall–Kier alpha value is 0.430. The predicted molar refractivity (Wildman–Crippen MR) is 57.1 cm³/mol. The van der Waals surface area contributed by atoms with E-state index in [1.54, 1.807) is 0 Å². The predicted octanol–water partition coefficient (Wildman–Crippen LogP) is 4.04. The van der Waals surface area contributed by atoms with E-state index in [0.29, 0.717) is 0 Å². The summed E-state index contributed by atoms with van der Waals surface area (Å²) in [7, 11) is 1.24. The molecule has 0 aliphatic carbocycles. The fraction of sp³-hybridized carbons (Fsp3) is 1.00. The highest BCUT2D eigenvalue weighted by molar-refractivity contribution is 7.38. The normalized spacial score (nSPS) is 12.0. The van der Waals surface area contributed by atoms with Crippen molar-refractivity contribution in [2.24, 2.45) is 0 Å². The Balaban J connectivity index is 3.34. The Labute approximate surface area is 73.9 Å². The van der Waals surface area contributed by atoms with E-state index in [1.807, 2.05) is 0 Å². The molecule has 0 amide bonds. The lowest BCUT2D eigenvalue weighted by atomic mass is 10.2. The van der Waals surface area contributed by atoms with Crippen LogP contribution in [-0.2, 0) is 0 Å². The maximum atomic E-state index is 2.30. The molecule has 0 fully saturated rings. The lowest BCUT2D eigenvalue weighted by Gasteiger charge is -2.14. The number of hydrogen-bond donors (Lipinski definition) is 0. The number of hydrogen-bond acceptors (Lipinski definition) is 0. The molecular weight excluding hydrogens is 151 g/mol. The summed E-state index contributed by atoms with van der Waals surface area (Å²) in [5.74, 6) is 0. The minimum atomic E-state index is 1.06. The molecule has 0 spiro atoms. The van der Waals surface area contributed by atoms with Crippen LogP contribution in [0.2, 0.25) is 0 Å². The molecule has 0 saturated heterocycles. The first-order valence-corrected chi connectivity index (χ1v) is 6.36. The molecule has 11 heavy (non-hydrogen) atoms. The molecule has 0 radical (unpaired) electrons. The molecule has 0 aliphatic rings. The van der Waals surface area contributed by atoms with Gasteiger partial charge >= 0.3 is 0 Å². The third kappa shape index (κ3) is 6.81. The van der Waals surface area contributed by atoms with Crippen molar-refractivity contribution in [2.45, 2.75) is 58.5 Å². The van der Waals surface area contributed by atoms with E-state index in [-0.39, 0.29) is 0 Å². The van der Waals surface area contributed by atoms with Crippen molar-refractivity contribution in [3.05, 3.63) is 0 Å². The second-order valence-electron chi connectivity index (χ2n) is 3.23. The third-order valence-corrected chi connectivity index (χ3v) is 3.90. The monoisotopic (exact) mass is 174 g/mol. The highest BCUT2D eigenvalue weighted by atomic mass is 31.1. The molecule has 68 valence electrons. The molecule has 0 saturated carbocycles. The third-order valence-electron chi connectivity index (χ3n) is 1.96. The zero-order chi connectivity index (χ0) is 8.53. The van der Waals surface area contributed by atoms with Crippen LogP contribution in [0.4, 0.5) is 0 Å². The standard InChI is InChI=1S/C10H23P/c1-4-7-10(8-5-2)11-9-6-3/h10-11H,4-9H2,1-3H3. The van der Waals surface area contributed by atoms with Crippen LogP contribution in [0.5, 0.6) is 0 Å². The van der Waals surface area contributed by atoms with Gasteiger partial charge in [0.1, 0.15) is 0 Å². The van der Waals surface area contributed by atoms with Crippen molar-refractivity contribution >= 4 is 8.58 Å². The van der Waals surface area contributed by atoms with Gasteiger partial charge in [-0.2, -0.15) is 0 Å². The van der Waals surface area contributed by atoms with Gasteiger partial charge in [-0.1, -0.05) is 40.0 Å². The number of rotatable bonds is 7. The Morgan fingerprint density at radius 1 is 0.909 bits per heavy atom. The van der Waals surface area contributed by atoms with E-state index >= 15 is 0 Å². The molecule has 1 unspecified atom stereocenters. The van der Waals surface area contributed by atoms with Crippen molar-refractivity contribution < 1.29 is 0 Å². The van der Waals surface area contributed by atoms with Crippen molar-refractivity contribution in [1.29, 1.82) is 0 Å². The molecule has 0 bridgehead atoms. The van der Waals surface area contributed by atoms with Crippen molar-refractivity contribution in [2.75, 3.05) is 6.16 Å². The topological polar surface area (TPSA) is 0 Å². The largest absolute Gasteiger partial charge is 0.119 e. The molecule has 0 aromatic carbocycles. The van der Waals surface area contributed by atoms with Crippen LogP contribution in [-0.4, -0.2) is 11.8 Å². The quantitative estimate of drug-likeness (QED) is 0.511. The summed E-state index contributed by atoms with van der Waals surface area (Å²) in [6.07, 6.45) is 8.52. The summed E-state index contributed by atoms with van der Waals surface area (Å²) < 4.78 is 0. The van der Waals surface area contributed by atoms with E-state index in [2.05, 4.69) is 20.8 Å². The molecule has 0 heterocycles. The van der Waals surface area contributed by atoms with E-state index < -0.39 is 0 Å². The summed E-state index contributed by atoms with van der Waals surface area (Å²) in [6.45, 7) is 6.90. The Morgan fingerprint density at radius 2 is 1.45 bits per heavy atom. The second-order valence-corrected chi connectivity index (χ2v) is 4.95. The first kappa shape index (κ1) is 11.4. The molecule has 0 aliphatic heterocycles.